The largest absolute Gasteiger partial charge is 0.359 e. The minimum atomic E-state index is -0.709. The van der Waals surface area contributed by atoms with Crippen molar-refractivity contribution >= 4 is 0 Å². The van der Waals surface area contributed by atoms with Crippen LogP contribution in [-0.4, -0.2) is 40.7 Å². The van der Waals surface area contributed by atoms with Gasteiger partial charge in [0.15, 0.2) is 11.9 Å². The number of H-pyrrole nitrogens is 1. The first-order chi connectivity index (χ1) is 14.5. The predicted octanol–water partition coefficient (Wildman–Crippen LogP) is 4.53. The number of nitrogens with zero attached hydrogens (tertiary/aromatic N) is 1. The summed E-state index contributed by atoms with van der Waals surface area (Å²) in [6.07, 6.45) is 6.58. The van der Waals surface area contributed by atoms with Gasteiger partial charge in [0.25, 0.3) is 0 Å². The van der Waals surface area contributed by atoms with Crippen molar-refractivity contribution in [2.75, 3.05) is 13.1 Å². The Morgan fingerprint density at radius 3 is 2.73 bits per heavy atom. The Balaban J connectivity index is 1.31. The van der Waals surface area contributed by atoms with E-state index in [1.54, 1.807) is 0 Å². The molecule has 6 heterocycles. The molecule has 6 fully saturated rings. The fourth-order valence-corrected chi connectivity index (χ4v) is 7.16. The van der Waals surface area contributed by atoms with Gasteiger partial charge >= 0.3 is 0 Å². The molecular weight excluding hydrogens is 380 g/mol. The third kappa shape index (κ3) is 2.87. The molecule has 0 radical (unpaired) electrons. The van der Waals surface area contributed by atoms with Crippen molar-refractivity contribution in [3.63, 3.8) is 0 Å². The van der Waals surface area contributed by atoms with E-state index < -0.39 is 11.4 Å². The fourth-order valence-electron chi connectivity index (χ4n) is 7.16. The van der Waals surface area contributed by atoms with E-state index in [9.17, 15) is 0 Å². The van der Waals surface area contributed by atoms with Gasteiger partial charge in [-0.25, -0.2) is 9.78 Å². The number of aromatic nitrogens is 1. The van der Waals surface area contributed by atoms with Crippen LogP contribution in [0.2, 0.25) is 0 Å². The smallest absolute Gasteiger partial charge is 0.201 e. The molecule has 5 saturated heterocycles. The molecule has 1 aliphatic carbocycles. The molecule has 30 heavy (non-hydrogen) atoms. The van der Waals surface area contributed by atoms with Crippen LogP contribution >= 0.6 is 0 Å². The van der Waals surface area contributed by atoms with Gasteiger partial charge in [-0.15, -0.1) is 0 Å². The number of ether oxygens (including phenoxy) is 2. The number of aromatic amines is 1. The van der Waals surface area contributed by atoms with E-state index in [-0.39, 0.29) is 12.4 Å². The number of hydrogen-bond donors (Lipinski definition) is 1. The van der Waals surface area contributed by atoms with Crippen molar-refractivity contribution in [3.05, 3.63) is 23.5 Å². The van der Waals surface area contributed by atoms with E-state index >= 15 is 0 Å². The molecule has 6 aliphatic rings. The van der Waals surface area contributed by atoms with E-state index in [2.05, 4.69) is 35.9 Å². The van der Waals surface area contributed by atoms with Crippen molar-refractivity contribution in [1.29, 1.82) is 0 Å². The SMILES string of the molecule is C[C@H]1[C@H](c2ccc(CN3CCCC3)[nH]2)O[C@@H]2O[C@]3(C)CC[C@H]4[C@H](C)CC[C@@H]1[C@@]24OO3. The second-order valence-corrected chi connectivity index (χ2v) is 10.7. The highest BCUT2D eigenvalue weighted by Crippen LogP contribution is 2.62. The summed E-state index contributed by atoms with van der Waals surface area (Å²) in [5.74, 6) is 1.02. The average Bonchev–Trinajstić information content (AvgIpc) is 3.35. The maximum absolute atomic E-state index is 6.75. The zero-order chi connectivity index (χ0) is 20.5. The third-order valence-corrected chi connectivity index (χ3v) is 8.83. The minimum absolute atomic E-state index is 0.00133. The molecule has 1 aromatic rings. The van der Waals surface area contributed by atoms with Gasteiger partial charge < -0.3 is 14.5 Å². The van der Waals surface area contributed by atoms with Crippen molar-refractivity contribution in [1.82, 2.24) is 9.88 Å². The summed E-state index contributed by atoms with van der Waals surface area (Å²) in [5.41, 5.74) is 1.98. The third-order valence-electron chi connectivity index (χ3n) is 8.83. The Labute approximate surface area is 179 Å². The summed E-state index contributed by atoms with van der Waals surface area (Å²) in [6.45, 7) is 10.1. The molecule has 0 unspecified atom stereocenters. The van der Waals surface area contributed by atoms with Crippen molar-refractivity contribution < 1.29 is 19.2 Å². The molecule has 166 valence electrons. The van der Waals surface area contributed by atoms with Gasteiger partial charge in [-0.2, -0.15) is 0 Å². The number of fused-ring (bicyclic) bond motifs is 2. The van der Waals surface area contributed by atoms with E-state index in [4.69, 9.17) is 19.2 Å². The van der Waals surface area contributed by atoms with Crippen LogP contribution in [0.3, 0.4) is 0 Å². The lowest BCUT2D eigenvalue weighted by molar-refractivity contribution is -0.571. The van der Waals surface area contributed by atoms with E-state index in [1.165, 1.54) is 43.7 Å². The number of rotatable bonds is 3. The first kappa shape index (κ1) is 19.7. The second kappa shape index (κ2) is 7.04. The van der Waals surface area contributed by atoms with E-state index in [1.807, 2.05) is 6.92 Å². The molecule has 1 aromatic heterocycles. The highest BCUT2D eigenvalue weighted by Gasteiger charge is 2.69. The number of nitrogens with one attached hydrogen (secondary N) is 1. The Hall–Kier alpha value is -0.920. The predicted molar refractivity (Wildman–Crippen MR) is 111 cm³/mol. The van der Waals surface area contributed by atoms with Gasteiger partial charge in [0.05, 0.1) is 0 Å². The van der Waals surface area contributed by atoms with Crippen LogP contribution in [0.5, 0.6) is 0 Å². The van der Waals surface area contributed by atoms with Crippen molar-refractivity contribution in [3.8, 4) is 0 Å². The summed E-state index contributed by atoms with van der Waals surface area (Å²) in [7, 11) is 0. The molecule has 2 bridgehead atoms. The molecular formula is C24H36N2O4. The normalized spacial score (nSPS) is 48.5. The van der Waals surface area contributed by atoms with Gasteiger partial charge in [-0.05, 0) is 82.0 Å². The van der Waals surface area contributed by atoms with E-state index in [0.717, 1.165) is 25.8 Å². The lowest BCUT2D eigenvalue weighted by Crippen LogP contribution is -2.69. The van der Waals surface area contributed by atoms with Crippen LogP contribution in [0.15, 0.2) is 12.1 Å². The summed E-state index contributed by atoms with van der Waals surface area (Å²) in [4.78, 5) is 18.4. The topological polar surface area (TPSA) is 56.0 Å². The van der Waals surface area contributed by atoms with Gasteiger partial charge in [0.1, 0.15) is 6.10 Å². The summed E-state index contributed by atoms with van der Waals surface area (Å²) < 4.78 is 13.3. The maximum atomic E-state index is 6.75. The Bertz CT molecular complexity index is 792. The van der Waals surface area contributed by atoms with Crippen LogP contribution in [-0.2, 0) is 25.8 Å². The molecule has 0 amide bonds. The van der Waals surface area contributed by atoms with Crippen LogP contribution in [0.1, 0.15) is 76.8 Å². The highest BCUT2D eigenvalue weighted by atomic mass is 17.3. The first-order valence-electron chi connectivity index (χ1n) is 12.1. The maximum Gasteiger partial charge on any atom is 0.201 e. The molecule has 6 heteroatoms. The molecule has 1 spiro atoms. The van der Waals surface area contributed by atoms with Crippen molar-refractivity contribution in [2.24, 2.45) is 23.7 Å². The van der Waals surface area contributed by atoms with Crippen LogP contribution < -0.4 is 0 Å². The zero-order valence-electron chi connectivity index (χ0n) is 18.6. The zero-order valence-corrected chi connectivity index (χ0v) is 18.6. The van der Waals surface area contributed by atoms with Gasteiger partial charge in [-0.1, -0.05) is 13.8 Å². The van der Waals surface area contributed by atoms with Crippen LogP contribution in [0.4, 0.5) is 0 Å². The Morgan fingerprint density at radius 1 is 1.07 bits per heavy atom. The lowest BCUT2D eigenvalue weighted by atomic mass is 9.57. The fraction of sp³-hybridized carbons (Fsp3) is 0.833. The highest BCUT2D eigenvalue weighted by molar-refractivity contribution is 5.20. The van der Waals surface area contributed by atoms with Gasteiger partial charge in [0, 0.05) is 30.3 Å². The van der Waals surface area contributed by atoms with E-state index in [0.29, 0.717) is 23.7 Å². The Morgan fingerprint density at radius 2 is 1.90 bits per heavy atom. The second-order valence-electron chi connectivity index (χ2n) is 10.7. The summed E-state index contributed by atoms with van der Waals surface area (Å²) in [6, 6.07) is 4.46. The van der Waals surface area contributed by atoms with Crippen LogP contribution in [0, 0.1) is 23.7 Å². The summed E-state index contributed by atoms with van der Waals surface area (Å²) in [5, 5.41) is 0. The molecule has 5 aliphatic heterocycles. The molecule has 7 rings (SSSR count). The van der Waals surface area contributed by atoms with Crippen molar-refractivity contribution in [2.45, 2.75) is 89.6 Å². The molecule has 1 N–H and O–H groups in total. The number of likely N-dealkylation sites (tertiary alicyclic amines) is 1. The molecule has 6 nitrogen and oxygen atoms in total. The number of hydrogen-bond acceptors (Lipinski definition) is 5. The minimum Gasteiger partial charge on any atom is -0.359 e. The molecule has 0 aromatic carbocycles. The monoisotopic (exact) mass is 416 g/mol. The lowest BCUT2D eigenvalue weighted by Gasteiger charge is -2.60. The van der Waals surface area contributed by atoms with Gasteiger partial charge in [0.2, 0.25) is 5.79 Å². The average molecular weight is 417 g/mol. The Kier molecular flexibility index (Phi) is 4.63. The molecule has 1 saturated carbocycles. The quantitative estimate of drug-likeness (QED) is 0.734. The standard InChI is InChI=1S/C24H36N2O4/c1-15-6-8-19-16(2)21(20-9-7-17(25-20)14-26-12-4-5-13-26)27-22-24(19)18(15)10-11-23(3,28-22)29-30-24/h7,9,15-16,18-19,21-22,25H,4-6,8,10-14H2,1-3H3/t15-,16-,18+,19+,21-,22-,23+,24-/m1/s1. The van der Waals surface area contributed by atoms with Gasteiger partial charge in [-0.3, -0.25) is 4.90 Å². The first-order valence-corrected chi connectivity index (χ1v) is 12.1. The summed E-state index contributed by atoms with van der Waals surface area (Å²) >= 11 is 0. The molecule has 8 atom stereocenters. The van der Waals surface area contributed by atoms with Crippen LogP contribution in [0.25, 0.3) is 0 Å².